The molecule has 0 aliphatic carbocycles. The van der Waals surface area contributed by atoms with Crippen LogP contribution in [0.2, 0.25) is 0 Å². The van der Waals surface area contributed by atoms with Crippen molar-refractivity contribution in [2.24, 2.45) is 0 Å². The summed E-state index contributed by atoms with van der Waals surface area (Å²) < 4.78 is -0.385. The summed E-state index contributed by atoms with van der Waals surface area (Å²) >= 11 is 1.07. The fourth-order valence-electron chi connectivity index (χ4n) is 2.14. The first-order valence-electron chi connectivity index (χ1n) is 5.94. The molecule has 102 valence electrons. The first kappa shape index (κ1) is 15.0. The van der Waals surface area contributed by atoms with Crippen LogP contribution >= 0.6 is 11.8 Å². The number of hydrogen-bond donors (Lipinski definition) is 2. The third kappa shape index (κ3) is 3.46. The van der Waals surface area contributed by atoms with E-state index in [1.807, 2.05) is 6.92 Å². The van der Waals surface area contributed by atoms with Crippen molar-refractivity contribution in [1.29, 1.82) is 0 Å². The number of nitrogens with one attached hydrogen (secondary N) is 1. The summed E-state index contributed by atoms with van der Waals surface area (Å²) in [7, 11) is 0. The molecule has 2 amide bonds. The molecule has 1 rings (SSSR count). The summed E-state index contributed by atoms with van der Waals surface area (Å²) in [6.07, 6.45) is 0.710. The van der Waals surface area contributed by atoms with E-state index >= 15 is 0 Å². The van der Waals surface area contributed by atoms with Crippen LogP contribution in [0.1, 0.15) is 33.1 Å². The van der Waals surface area contributed by atoms with Crippen LogP contribution in [0.15, 0.2) is 0 Å². The van der Waals surface area contributed by atoms with Gasteiger partial charge >= 0.3 is 6.09 Å². The first-order chi connectivity index (χ1) is 8.38. The van der Waals surface area contributed by atoms with Gasteiger partial charge in [0.2, 0.25) is 0 Å². The maximum Gasteiger partial charge on any atom is 0.539 e. The van der Waals surface area contributed by atoms with Crippen LogP contribution in [0.25, 0.3) is 0 Å². The summed E-state index contributed by atoms with van der Waals surface area (Å²) in [4.78, 5) is 33.8. The Bertz CT molecular complexity index is 361. The Kier molecular flexibility index (Phi) is 5.15. The van der Waals surface area contributed by atoms with Crippen LogP contribution in [-0.2, 0) is 9.59 Å². The van der Waals surface area contributed by atoms with E-state index in [4.69, 9.17) is 0 Å². The van der Waals surface area contributed by atoms with Crippen molar-refractivity contribution in [3.05, 3.63) is 0 Å². The highest BCUT2D eigenvalue weighted by atomic mass is 32.2. The van der Waals surface area contributed by atoms with Gasteiger partial charge in [0, 0.05) is 31.9 Å². The standard InChI is InChI=1S/C11H18N2O4S/c1-8-4-3-6-13(8,11(16)17)12-10(15)5-7-18-9(2)14/h8H,3-7H2,1-2H3,(H-,12,15,16,17)/p+1/t8-,13?/m1/s1. The Morgan fingerprint density at radius 1 is 1.44 bits per heavy atom. The third-order valence-corrected chi connectivity index (χ3v) is 4.00. The average molecular weight is 275 g/mol. The molecule has 0 radical (unpaired) electrons. The highest BCUT2D eigenvalue weighted by molar-refractivity contribution is 8.13. The number of thioether (sulfide) groups is 1. The van der Waals surface area contributed by atoms with Gasteiger partial charge in [-0.15, -0.1) is 4.59 Å². The zero-order valence-electron chi connectivity index (χ0n) is 10.6. The SMILES string of the molecule is CC(=O)SCCC(=O)N[N+]1(C(=O)O)CCC[C@H]1C. The predicted molar refractivity (Wildman–Crippen MR) is 67.7 cm³/mol. The number of quaternary nitrogens is 1. The van der Waals surface area contributed by atoms with Crippen LogP contribution in [0.4, 0.5) is 4.79 Å². The first-order valence-corrected chi connectivity index (χ1v) is 6.93. The van der Waals surface area contributed by atoms with Gasteiger partial charge in [-0.25, -0.2) is 0 Å². The van der Waals surface area contributed by atoms with Crippen molar-refractivity contribution in [2.45, 2.75) is 39.2 Å². The van der Waals surface area contributed by atoms with Crippen LogP contribution in [0, 0.1) is 0 Å². The fraction of sp³-hybridized carbons (Fsp3) is 0.727. The molecule has 1 aliphatic rings. The summed E-state index contributed by atoms with van der Waals surface area (Å²) in [6, 6.07) is -0.119. The van der Waals surface area contributed by atoms with E-state index in [0.717, 1.165) is 24.6 Å². The summed E-state index contributed by atoms with van der Waals surface area (Å²) in [5.41, 5.74) is 2.59. The number of hydrogen-bond acceptors (Lipinski definition) is 4. The fourth-order valence-corrected chi connectivity index (χ4v) is 2.72. The minimum absolute atomic E-state index is 0.0422. The van der Waals surface area contributed by atoms with Crippen LogP contribution in [0.3, 0.4) is 0 Å². The Hall–Kier alpha value is -1.08. The maximum absolute atomic E-state index is 11.7. The zero-order chi connectivity index (χ0) is 13.8. The van der Waals surface area contributed by atoms with Crippen molar-refractivity contribution < 1.29 is 24.1 Å². The molecule has 0 saturated carbocycles. The van der Waals surface area contributed by atoms with Gasteiger partial charge in [0.1, 0.15) is 12.6 Å². The van der Waals surface area contributed by atoms with Gasteiger partial charge in [-0.1, -0.05) is 11.8 Å². The van der Waals surface area contributed by atoms with Gasteiger partial charge in [0.05, 0.1) is 0 Å². The lowest BCUT2D eigenvalue weighted by Crippen LogP contribution is -2.64. The minimum Gasteiger partial charge on any atom is -0.434 e. The van der Waals surface area contributed by atoms with E-state index in [1.165, 1.54) is 6.92 Å². The quantitative estimate of drug-likeness (QED) is 0.760. The summed E-state index contributed by atoms with van der Waals surface area (Å²) in [5, 5.41) is 9.25. The molecule has 1 fully saturated rings. The maximum atomic E-state index is 11.7. The molecule has 2 N–H and O–H groups in total. The number of carboxylic acid groups (broad SMARTS) is 1. The lowest BCUT2D eigenvalue weighted by atomic mass is 10.2. The second-order valence-electron chi connectivity index (χ2n) is 4.49. The van der Waals surface area contributed by atoms with Crippen molar-refractivity contribution in [1.82, 2.24) is 5.43 Å². The Morgan fingerprint density at radius 2 is 2.11 bits per heavy atom. The number of likely N-dealkylation sites (tertiary alicyclic amines) is 1. The predicted octanol–water partition coefficient (Wildman–Crippen LogP) is 1.36. The highest BCUT2D eigenvalue weighted by Crippen LogP contribution is 2.24. The molecule has 1 unspecified atom stereocenters. The van der Waals surface area contributed by atoms with E-state index < -0.39 is 6.09 Å². The topological polar surface area (TPSA) is 83.5 Å². The van der Waals surface area contributed by atoms with Crippen molar-refractivity contribution in [2.75, 3.05) is 12.3 Å². The number of amides is 2. The second-order valence-corrected chi connectivity index (χ2v) is 5.76. The molecular weight excluding hydrogens is 256 g/mol. The van der Waals surface area contributed by atoms with Crippen LogP contribution < -0.4 is 5.43 Å². The monoisotopic (exact) mass is 275 g/mol. The molecule has 0 aromatic rings. The summed E-state index contributed by atoms with van der Waals surface area (Å²) in [5.74, 6) is 0.0646. The van der Waals surface area contributed by atoms with Gasteiger partial charge in [0.15, 0.2) is 5.12 Å². The van der Waals surface area contributed by atoms with Crippen LogP contribution in [-0.4, -0.2) is 45.2 Å². The third-order valence-electron chi connectivity index (χ3n) is 3.19. The van der Waals surface area contributed by atoms with E-state index in [0.29, 0.717) is 12.3 Å². The molecule has 0 aromatic heterocycles. The molecule has 6 nitrogen and oxygen atoms in total. The zero-order valence-corrected chi connectivity index (χ0v) is 11.5. The minimum atomic E-state index is -1.02. The normalized spacial score (nSPS) is 26.9. The van der Waals surface area contributed by atoms with Crippen molar-refractivity contribution in [3.8, 4) is 0 Å². The van der Waals surface area contributed by atoms with E-state index in [2.05, 4.69) is 5.43 Å². The molecule has 1 aliphatic heterocycles. The highest BCUT2D eigenvalue weighted by Gasteiger charge is 2.48. The number of nitrogens with zero attached hydrogens (tertiary/aromatic N) is 1. The Morgan fingerprint density at radius 3 is 2.56 bits per heavy atom. The molecule has 18 heavy (non-hydrogen) atoms. The molecule has 7 heteroatoms. The Balaban J connectivity index is 2.54. The lowest BCUT2D eigenvalue weighted by Gasteiger charge is -2.31. The number of rotatable bonds is 3. The average Bonchev–Trinajstić information content (AvgIpc) is 2.60. The van der Waals surface area contributed by atoms with Gasteiger partial charge in [-0.05, 0) is 6.92 Å². The van der Waals surface area contributed by atoms with Crippen LogP contribution in [0.5, 0.6) is 0 Å². The molecular formula is C11H19N2O4S+. The van der Waals surface area contributed by atoms with Gasteiger partial charge in [-0.3, -0.25) is 9.59 Å². The van der Waals surface area contributed by atoms with E-state index in [9.17, 15) is 19.5 Å². The molecule has 1 saturated heterocycles. The smallest absolute Gasteiger partial charge is 0.434 e. The van der Waals surface area contributed by atoms with E-state index in [-0.39, 0.29) is 28.1 Å². The van der Waals surface area contributed by atoms with Crippen molar-refractivity contribution >= 4 is 28.9 Å². The molecule has 0 bridgehead atoms. The summed E-state index contributed by atoms with van der Waals surface area (Å²) in [6.45, 7) is 3.68. The molecule has 0 aromatic carbocycles. The molecule has 1 heterocycles. The van der Waals surface area contributed by atoms with Gasteiger partial charge in [-0.2, -0.15) is 10.2 Å². The van der Waals surface area contributed by atoms with E-state index in [1.54, 1.807) is 0 Å². The van der Waals surface area contributed by atoms with Gasteiger partial charge in [0.25, 0.3) is 5.91 Å². The Labute approximate surface area is 110 Å². The van der Waals surface area contributed by atoms with Gasteiger partial charge < -0.3 is 5.11 Å². The second kappa shape index (κ2) is 6.19. The lowest BCUT2D eigenvalue weighted by molar-refractivity contribution is -0.902. The van der Waals surface area contributed by atoms with Crippen molar-refractivity contribution in [3.63, 3.8) is 0 Å². The molecule has 0 spiro atoms. The number of carbonyl (C=O) groups excluding carboxylic acids is 2. The molecule has 2 atom stereocenters. The largest absolute Gasteiger partial charge is 0.539 e. The number of carbonyl (C=O) groups is 3.